The van der Waals surface area contributed by atoms with Crippen molar-refractivity contribution in [2.75, 3.05) is 5.88 Å². The van der Waals surface area contributed by atoms with Crippen molar-refractivity contribution in [1.82, 2.24) is 0 Å². The lowest BCUT2D eigenvalue weighted by Crippen LogP contribution is -2.07. The zero-order valence-electron chi connectivity index (χ0n) is 9.70. The Morgan fingerprint density at radius 1 is 1.31 bits per heavy atom. The van der Waals surface area contributed by atoms with E-state index in [0.29, 0.717) is 30.4 Å². The number of rotatable bonds is 5. The van der Waals surface area contributed by atoms with Crippen LogP contribution < -0.4 is 4.74 Å². The molecule has 0 aliphatic rings. The molecule has 0 spiro atoms. The fourth-order valence-electron chi connectivity index (χ4n) is 1.31. The Morgan fingerprint density at radius 2 is 1.94 bits per heavy atom. The van der Waals surface area contributed by atoms with Gasteiger partial charge in [-0.25, -0.2) is 0 Å². The summed E-state index contributed by atoms with van der Waals surface area (Å²) in [6.45, 7) is 4.25. The minimum absolute atomic E-state index is 0.224. The SMILES string of the molecule is CC(C)c1ccc(OC(=O)CCCCl)cc1. The highest BCUT2D eigenvalue weighted by atomic mass is 35.5. The lowest BCUT2D eigenvalue weighted by atomic mass is 10.0. The maximum Gasteiger partial charge on any atom is 0.311 e. The van der Waals surface area contributed by atoms with Crippen LogP contribution in [0.5, 0.6) is 5.75 Å². The molecule has 0 aromatic heterocycles. The summed E-state index contributed by atoms with van der Waals surface area (Å²) in [5.41, 5.74) is 1.24. The Bertz CT molecular complexity index is 330. The third kappa shape index (κ3) is 4.23. The van der Waals surface area contributed by atoms with Crippen molar-refractivity contribution < 1.29 is 9.53 Å². The van der Waals surface area contributed by atoms with Crippen LogP contribution >= 0.6 is 11.6 Å². The number of halogens is 1. The molecule has 2 nitrogen and oxygen atoms in total. The molecular weight excluding hydrogens is 224 g/mol. The minimum atomic E-state index is -0.224. The molecule has 16 heavy (non-hydrogen) atoms. The van der Waals surface area contributed by atoms with Gasteiger partial charge in [0.2, 0.25) is 0 Å². The number of hydrogen-bond donors (Lipinski definition) is 0. The minimum Gasteiger partial charge on any atom is -0.427 e. The summed E-state index contributed by atoms with van der Waals surface area (Å²) in [4.78, 5) is 11.3. The number of benzene rings is 1. The first-order valence-electron chi connectivity index (χ1n) is 5.50. The summed E-state index contributed by atoms with van der Waals surface area (Å²) in [5.74, 6) is 1.35. The number of hydrogen-bond acceptors (Lipinski definition) is 2. The maximum atomic E-state index is 11.3. The molecule has 0 atom stereocenters. The van der Waals surface area contributed by atoms with E-state index in [0.717, 1.165) is 0 Å². The molecule has 0 aliphatic heterocycles. The van der Waals surface area contributed by atoms with Crippen molar-refractivity contribution in [3.8, 4) is 5.75 Å². The molecule has 1 aromatic carbocycles. The zero-order valence-corrected chi connectivity index (χ0v) is 10.5. The lowest BCUT2D eigenvalue weighted by Gasteiger charge is -2.07. The molecule has 3 heteroatoms. The van der Waals surface area contributed by atoms with Crippen molar-refractivity contribution >= 4 is 17.6 Å². The molecule has 0 bridgehead atoms. The van der Waals surface area contributed by atoms with E-state index < -0.39 is 0 Å². The fraction of sp³-hybridized carbons (Fsp3) is 0.462. The van der Waals surface area contributed by atoms with Crippen molar-refractivity contribution in [2.24, 2.45) is 0 Å². The molecular formula is C13H17ClO2. The second-order valence-electron chi connectivity index (χ2n) is 3.99. The summed E-state index contributed by atoms with van der Waals surface area (Å²) in [6, 6.07) is 7.62. The highest BCUT2D eigenvalue weighted by Crippen LogP contribution is 2.18. The van der Waals surface area contributed by atoms with Crippen LogP contribution in [0.15, 0.2) is 24.3 Å². The van der Waals surface area contributed by atoms with E-state index in [9.17, 15) is 4.79 Å². The Hall–Kier alpha value is -1.02. The molecule has 0 heterocycles. The van der Waals surface area contributed by atoms with Gasteiger partial charge in [-0.3, -0.25) is 4.79 Å². The van der Waals surface area contributed by atoms with E-state index in [2.05, 4.69) is 13.8 Å². The van der Waals surface area contributed by atoms with Gasteiger partial charge in [-0.05, 0) is 30.0 Å². The molecule has 0 N–H and O–H groups in total. The standard InChI is InChI=1S/C13H17ClO2/c1-10(2)11-5-7-12(8-6-11)16-13(15)4-3-9-14/h5-8,10H,3-4,9H2,1-2H3. The largest absolute Gasteiger partial charge is 0.427 e. The molecule has 1 aromatic rings. The molecule has 1 rings (SSSR count). The maximum absolute atomic E-state index is 11.3. The number of carbonyl (C=O) groups is 1. The van der Waals surface area contributed by atoms with E-state index in [1.807, 2.05) is 24.3 Å². The van der Waals surface area contributed by atoms with Crippen molar-refractivity contribution in [3.05, 3.63) is 29.8 Å². The van der Waals surface area contributed by atoms with E-state index in [1.165, 1.54) is 5.56 Å². The predicted molar refractivity (Wildman–Crippen MR) is 66.1 cm³/mol. The topological polar surface area (TPSA) is 26.3 Å². The molecule has 0 amide bonds. The first-order valence-corrected chi connectivity index (χ1v) is 6.03. The van der Waals surface area contributed by atoms with Crippen molar-refractivity contribution in [2.45, 2.75) is 32.6 Å². The summed E-state index contributed by atoms with van der Waals surface area (Å²) in [7, 11) is 0. The van der Waals surface area contributed by atoms with Gasteiger partial charge in [0.25, 0.3) is 0 Å². The molecule has 0 saturated carbocycles. The molecule has 0 saturated heterocycles. The molecule has 0 aliphatic carbocycles. The van der Waals surface area contributed by atoms with Gasteiger partial charge >= 0.3 is 5.97 Å². The average Bonchev–Trinajstić information content (AvgIpc) is 2.27. The van der Waals surface area contributed by atoms with Gasteiger partial charge in [-0.1, -0.05) is 26.0 Å². The van der Waals surface area contributed by atoms with Crippen LogP contribution in [0.25, 0.3) is 0 Å². The van der Waals surface area contributed by atoms with Crippen molar-refractivity contribution in [3.63, 3.8) is 0 Å². The van der Waals surface area contributed by atoms with E-state index in [4.69, 9.17) is 16.3 Å². The van der Waals surface area contributed by atoms with E-state index >= 15 is 0 Å². The smallest absolute Gasteiger partial charge is 0.311 e. The average molecular weight is 241 g/mol. The highest BCUT2D eigenvalue weighted by Gasteiger charge is 2.05. The quantitative estimate of drug-likeness (QED) is 0.445. The molecule has 0 unspecified atom stereocenters. The van der Waals surface area contributed by atoms with Crippen LogP contribution in [-0.4, -0.2) is 11.8 Å². The van der Waals surface area contributed by atoms with Crippen LogP contribution in [0.3, 0.4) is 0 Å². The Balaban J connectivity index is 2.51. The number of ether oxygens (including phenoxy) is 1. The highest BCUT2D eigenvalue weighted by molar-refractivity contribution is 6.17. The van der Waals surface area contributed by atoms with E-state index in [1.54, 1.807) is 0 Å². The van der Waals surface area contributed by atoms with Crippen LogP contribution in [0.1, 0.15) is 38.2 Å². The third-order valence-electron chi connectivity index (χ3n) is 2.29. The van der Waals surface area contributed by atoms with Crippen LogP contribution in [0.2, 0.25) is 0 Å². The summed E-state index contributed by atoms with van der Waals surface area (Å²) in [6.07, 6.45) is 1.03. The zero-order chi connectivity index (χ0) is 12.0. The van der Waals surface area contributed by atoms with Crippen LogP contribution in [-0.2, 0) is 4.79 Å². The van der Waals surface area contributed by atoms with Gasteiger partial charge < -0.3 is 4.74 Å². The second kappa shape index (κ2) is 6.54. The second-order valence-corrected chi connectivity index (χ2v) is 4.37. The first kappa shape index (κ1) is 13.0. The third-order valence-corrected chi connectivity index (χ3v) is 2.56. The van der Waals surface area contributed by atoms with Crippen LogP contribution in [0, 0.1) is 0 Å². The van der Waals surface area contributed by atoms with Gasteiger partial charge in [0.1, 0.15) is 5.75 Å². The van der Waals surface area contributed by atoms with Gasteiger partial charge in [0.05, 0.1) is 0 Å². The Labute approximate surface area is 102 Å². The summed E-state index contributed by atoms with van der Waals surface area (Å²) >= 11 is 5.50. The van der Waals surface area contributed by atoms with Gasteiger partial charge in [-0.15, -0.1) is 11.6 Å². The fourth-order valence-corrected chi connectivity index (χ4v) is 1.45. The normalized spacial score (nSPS) is 10.5. The lowest BCUT2D eigenvalue weighted by molar-refractivity contribution is -0.134. The Kier molecular flexibility index (Phi) is 5.33. The molecule has 0 radical (unpaired) electrons. The Morgan fingerprint density at radius 3 is 2.44 bits per heavy atom. The van der Waals surface area contributed by atoms with Crippen molar-refractivity contribution in [1.29, 1.82) is 0 Å². The molecule has 88 valence electrons. The number of alkyl halides is 1. The van der Waals surface area contributed by atoms with E-state index in [-0.39, 0.29) is 5.97 Å². The number of esters is 1. The monoisotopic (exact) mass is 240 g/mol. The van der Waals surface area contributed by atoms with Crippen LogP contribution in [0.4, 0.5) is 0 Å². The number of carbonyl (C=O) groups excluding carboxylic acids is 1. The van der Waals surface area contributed by atoms with Gasteiger partial charge in [0.15, 0.2) is 0 Å². The first-order chi connectivity index (χ1) is 7.63. The summed E-state index contributed by atoms with van der Waals surface area (Å²) in [5, 5.41) is 0. The van der Waals surface area contributed by atoms with Gasteiger partial charge in [-0.2, -0.15) is 0 Å². The predicted octanol–water partition coefficient (Wildman–Crippen LogP) is 3.73. The molecule has 0 fully saturated rings. The van der Waals surface area contributed by atoms with Gasteiger partial charge in [0, 0.05) is 12.3 Å². The summed E-state index contributed by atoms with van der Waals surface area (Å²) < 4.78 is 5.15.